The third-order valence-corrected chi connectivity index (χ3v) is 6.76. The number of carbonyl (C=O) groups is 1. The first kappa shape index (κ1) is 10.6. The topological polar surface area (TPSA) is 17.1 Å². The molecule has 4 bridgehead atoms. The van der Waals surface area contributed by atoms with Crippen molar-refractivity contribution < 1.29 is 4.79 Å². The Hall–Kier alpha value is -0.330. The van der Waals surface area contributed by atoms with Gasteiger partial charge < -0.3 is 0 Å². The lowest BCUT2D eigenvalue weighted by Crippen LogP contribution is -2.34. The normalized spacial score (nSPS) is 55.7. The second-order valence-electron chi connectivity index (χ2n) is 7.40. The van der Waals surface area contributed by atoms with Crippen LogP contribution >= 0.6 is 0 Å². The molecule has 4 aliphatic carbocycles. The molecule has 94 valence electrons. The van der Waals surface area contributed by atoms with Crippen LogP contribution < -0.4 is 0 Å². The van der Waals surface area contributed by atoms with E-state index in [2.05, 4.69) is 6.92 Å². The predicted molar refractivity (Wildman–Crippen MR) is 67.4 cm³/mol. The maximum absolute atomic E-state index is 12.8. The van der Waals surface area contributed by atoms with Gasteiger partial charge >= 0.3 is 0 Å². The third-order valence-electron chi connectivity index (χ3n) is 6.76. The van der Waals surface area contributed by atoms with Crippen LogP contribution in [-0.2, 0) is 4.79 Å². The molecule has 17 heavy (non-hydrogen) atoms. The lowest BCUT2D eigenvalue weighted by molar-refractivity contribution is -0.131. The molecule has 0 heterocycles. The van der Waals surface area contributed by atoms with Gasteiger partial charge in [-0.15, -0.1) is 0 Å². The molecule has 0 radical (unpaired) electrons. The Bertz CT molecular complexity index is 345. The minimum absolute atomic E-state index is 0.470. The SMILES string of the molecule is CC1C2CCC(C2)C1C(=O)C1CC2CCC1C2. The summed E-state index contributed by atoms with van der Waals surface area (Å²) in [6.45, 7) is 2.36. The lowest BCUT2D eigenvalue weighted by atomic mass is 9.71. The predicted octanol–water partition coefficient (Wildman–Crippen LogP) is 3.67. The Balaban J connectivity index is 1.53. The van der Waals surface area contributed by atoms with Crippen molar-refractivity contribution in [3.05, 3.63) is 0 Å². The van der Waals surface area contributed by atoms with Gasteiger partial charge in [-0.25, -0.2) is 0 Å². The first-order valence-electron chi connectivity index (χ1n) is 7.77. The Kier molecular flexibility index (Phi) is 2.23. The summed E-state index contributed by atoms with van der Waals surface area (Å²) in [5.41, 5.74) is 0. The van der Waals surface area contributed by atoms with E-state index >= 15 is 0 Å². The Labute approximate surface area is 104 Å². The summed E-state index contributed by atoms with van der Waals surface area (Å²) in [5.74, 6) is 5.76. The zero-order chi connectivity index (χ0) is 11.6. The number of carbonyl (C=O) groups excluding carboxylic acids is 1. The molecule has 0 saturated heterocycles. The van der Waals surface area contributed by atoms with Crippen molar-refractivity contribution >= 4 is 5.78 Å². The Morgan fingerprint density at radius 3 is 2.24 bits per heavy atom. The second kappa shape index (κ2) is 3.59. The molecule has 4 rings (SSSR count). The van der Waals surface area contributed by atoms with Crippen molar-refractivity contribution in [3.8, 4) is 0 Å². The number of ketones is 1. The molecule has 4 saturated carbocycles. The van der Waals surface area contributed by atoms with Crippen LogP contribution in [0.1, 0.15) is 51.9 Å². The van der Waals surface area contributed by atoms with Crippen molar-refractivity contribution in [1.82, 2.24) is 0 Å². The van der Waals surface area contributed by atoms with E-state index in [4.69, 9.17) is 0 Å². The lowest BCUT2D eigenvalue weighted by Gasteiger charge is -2.31. The van der Waals surface area contributed by atoms with Gasteiger partial charge in [0.05, 0.1) is 0 Å². The van der Waals surface area contributed by atoms with Gasteiger partial charge in [0.25, 0.3) is 0 Å². The molecule has 0 aromatic rings. The summed E-state index contributed by atoms with van der Waals surface area (Å²) in [4.78, 5) is 12.8. The molecule has 0 spiro atoms. The van der Waals surface area contributed by atoms with Crippen LogP contribution in [-0.4, -0.2) is 5.78 Å². The van der Waals surface area contributed by atoms with Crippen LogP contribution in [0.4, 0.5) is 0 Å². The number of rotatable bonds is 2. The largest absolute Gasteiger partial charge is 0.299 e. The molecule has 4 fully saturated rings. The van der Waals surface area contributed by atoms with E-state index in [1.54, 1.807) is 0 Å². The van der Waals surface area contributed by atoms with Crippen LogP contribution in [0.5, 0.6) is 0 Å². The molecule has 1 nitrogen and oxygen atoms in total. The quantitative estimate of drug-likeness (QED) is 0.710. The fourth-order valence-electron chi connectivity index (χ4n) is 5.91. The average Bonchev–Trinajstić information content (AvgIpc) is 3.07. The zero-order valence-corrected chi connectivity index (χ0v) is 10.9. The van der Waals surface area contributed by atoms with Crippen LogP contribution in [0.25, 0.3) is 0 Å². The van der Waals surface area contributed by atoms with Gasteiger partial charge in [-0.1, -0.05) is 13.3 Å². The van der Waals surface area contributed by atoms with Gasteiger partial charge in [-0.3, -0.25) is 4.79 Å². The fraction of sp³-hybridized carbons (Fsp3) is 0.938. The van der Waals surface area contributed by atoms with E-state index in [1.807, 2.05) is 0 Å². The summed E-state index contributed by atoms with van der Waals surface area (Å²) in [6, 6.07) is 0. The van der Waals surface area contributed by atoms with E-state index < -0.39 is 0 Å². The summed E-state index contributed by atoms with van der Waals surface area (Å²) >= 11 is 0. The summed E-state index contributed by atoms with van der Waals surface area (Å²) in [6.07, 6.45) is 9.55. The second-order valence-corrected chi connectivity index (χ2v) is 7.40. The first-order chi connectivity index (χ1) is 8.24. The van der Waals surface area contributed by atoms with Gasteiger partial charge in [-0.2, -0.15) is 0 Å². The van der Waals surface area contributed by atoms with E-state index in [0.717, 1.165) is 23.7 Å². The molecule has 4 aliphatic rings. The summed E-state index contributed by atoms with van der Waals surface area (Å²) < 4.78 is 0. The number of hydrogen-bond acceptors (Lipinski definition) is 1. The molecule has 0 aromatic carbocycles. The van der Waals surface area contributed by atoms with Gasteiger partial charge in [0.15, 0.2) is 0 Å². The van der Waals surface area contributed by atoms with Crippen molar-refractivity contribution in [2.24, 2.45) is 41.4 Å². The fourth-order valence-corrected chi connectivity index (χ4v) is 5.91. The average molecular weight is 232 g/mol. The minimum Gasteiger partial charge on any atom is -0.299 e. The van der Waals surface area contributed by atoms with Crippen molar-refractivity contribution in [1.29, 1.82) is 0 Å². The van der Waals surface area contributed by atoms with Gasteiger partial charge in [0.1, 0.15) is 5.78 Å². The van der Waals surface area contributed by atoms with Crippen LogP contribution in [0.3, 0.4) is 0 Å². The Morgan fingerprint density at radius 1 is 0.882 bits per heavy atom. The highest BCUT2D eigenvalue weighted by Gasteiger charge is 2.52. The molecule has 7 unspecified atom stereocenters. The van der Waals surface area contributed by atoms with Gasteiger partial charge in [0, 0.05) is 11.8 Å². The molecule has 0 amide bonds. The van der Waals surface area contributed by atoms with E-state index in [-0.39, 0.29) is 0 Å². The monoisotopic (exact) mass is 232 g/mol. The van der Waals surface area contributed by atoms with Crippen molar-refractivity contribution in [2.45, 2.75) is 51.9 Å². The van der Waals surface area contributed by atoms with Crippen LogP contribution in [0.15, 0.2) is 0 Å². The number of Topliss-reactive ketones (excluding diaryl/α,β-unsaturated/α-hetero) is 1. The minimum atomic E-state index is 0.470. The third kappa shape index (κ3) is 1.40. The Morgan fingerprint density at radius 2 is 1.65 bits per heavy atom. The highest BCUT2D eigenvalue weighted by molar-refractivity contribution is 5.85. The van der Waals surface area contributed by atoms with Crippen molar-refractivity contribution in [2.75, 3.05) is 0 Å². The maximum atomic E-state index is 12.8. The van der Waals surface area contributed by atoms with Gasteiger partial charge in [0.2, 0.25) is 0 Å². The van der Waals surface area contributed by atoms with E-state index in [9.17, 15) is 4.79 Å². The summed E-state index contributed by atoms with van der Waals surface area (Å²) in [5, 5.41) is 0. The van der Waals surface area contributed by atoms with E-state index in [0.29, 0.717) is 23.5 Å². The van der Waals surface area contributed by atoms with Crippen LogP contribution in [0.2, 0.25) is 0 Å². The summed E-state index contributed by atoms with van der Waals surface area (Å²) in [7, 11) is 0. The first-order valence-corrected chi connectivity index (χ1v) is 7.77. The van der Waals surface area contributed by atoms with E-state index in [1.165, 1.54) is 44.9 Å². The molecule has 0 aliphatic heterocycles. The maximum Gasteiger partial charge on any atom is 0.139 e. The standard InChI is InChI=1S/C16H24O/c1-9-11-4-5-13(8-11)15(9)16(17)14-7-10-2-3-12(14)6-10/h9-15H,2-8H2,1H3. The van der Waals surface area contributed by atoms with Crippen molar-refractivity contribution in [3.63, 3.8) is 0 Å². The van der Waals surface area contributed by atoms with Crippen LogP contribution in [0, 0.1) is 41.4 Å². The smallest absolute Gasteiger partial charge is 0.139 e. The molecule has 0 aromatic heterocycles. The molecule has 7 atom stereocenters. The number of fused-ring (bicyclic) bond motifs is 4. The highest BCUT2D eigenvalue weighted by atomic mass is 16.1. The molecular weight excluding hydrogens is 208 g/mol. The molecule has 1 heteroatoms. The van der Waals surface area contributed by atoms with Gasteiger partial charge in [-0.05, 0) is 68.1 Å². The molecular formula is C16H24O. The molecule has 0 N–H and O–H groups in total. The highest BCUT2D eigenvalue weighted by Crippen LogP contribution is 2.56. The zero-order valence-electron chi connectivity index (χ0n) is 10.9. The number of hydrogen-bond donors (Lipinski definition) is 0.